The van der Waals surface area contributed by atoms with Gasteiger partial charge in [-0.05, 0) is 51.8 Å². The Bertz CT molecular complexity index is 373. The molecule has 0 aliphatic carbocycles. The second-order valence-electron chi connectivity index (χ2n) is 5.12. The Hall–Kier alpha value is -1.34. The molecule has 94 valence electrons. The van der Waals surface area contributed by atoms with Gasteiger partial charge in [0.25, 0.3) is 0 Å². The third kappa shape index (κ3) is 5.50. The van der Waals surface area contributed by atoms with Gasteiger partial charge in [-0.25, -0.2) is 0 Å². The lowest BCUT2D eigenvalue weighted by Gasteiger charge is -2.14. The summed E-state index contributed by atoms with van der Waals surface area (Å²) < 4.78 is 1.82. The largest absolute Gasteiger partial charge is 0.316 e. The van der Waals surface area contributed by atoms with Gasteiger partial charge in [0.15, 0.2) is 0 Å². The van der Waals surface area contributed by atoms with Crippen LogP contribution in [-0.4, -0.2) is 22.9 Å². The summed E-state index contributed by atoms with van der Waals surface area (Å²) in [5.74, 6) is 0. The maximum atomic E-state index is 8.87. The molecule has 1 heterocycles. The van der Waals surface area contributed by atoms with Crippen LogP contribution in [-0.2, 0) is 13.5 Å². The van der Waals surface area contributed by atoms with E-state index in [1.165, 1.54) is 5.56 Å². The average Bonchev–Trinajstić information content (AvgIpc) is 2.69. The Morgan fingerprint density at radius 3 is 2.82 bits per heavy atom. The second-order valence-corrected chi connectivity index (χ2v) is 5.12. The van der Waals surface area contributed by atoms with Crippen molar-refractivity contribution < 1.29 is 0 Å². The Morgan fingerprint density at radius 2 is 2.24 bits per heavy atom. The van der Waals surface area contributed by atoms with E-state index in [-0.39, 0.29) is 5.41 Å². The van der Waals surface area contributed by atoms with E-state index >= 15 is 0 Å². The summed E-state index contributed by atoms with van der Waals surface area (Å²) in [6.07, 6.45) is 6.95. The highest BCUT2D eigenvalue weighted by atomic mass is 15.2. The van der Waals surface area contributed by atoms with Crippen LogP contribution in [0.5, 0.6) is 0 Å². The van der Waals surface area contributed by atoms with Crippen LogP contribution in [0.15, 0.2) is 12.4 Å². The fourth-order valence-electron chi connectivity index (χ4n) is 1.67. The summed E-state index contributed by atoms with van der Waals surface area (Å²) in [6, 6.07) is 2.32. The molecule has 0 amide bonds. The van der Waals surface area contributed by atoms with E-state index in [4.69, 9.17) is 5.26 Å². The van der Waals surface area contributed by atoms with Crippen LogP contribution in [0.1, 0.15) is 32.3 Å². The first-order valence-corrected chi connectivity index (χ1v) is 6.13. The van der Waals surface area contributed by atoms with Gasteiger partial charge >= 0.3 is 0 Å². The molecule has 4 heteroatoms. The Morgan fingerprint density at radius 1 is 1.47 bits per heavy atom. The van der Waals surface area contributed by atoms with E-state index in [2.05, 4.69) is 16.5 Å². The zero-order valence-corrected chi connectivity index (χ0v) is 11.0. The molecule has 0 spiro atoms. The second kappa shape index (κ2) is 6.41. The van der Waals surface area contributed by atoms with Crippen LogP contribution >= 0.6 is 0 Å². The minimum atomic E-state index is -0.189. The molecular weight excluding hydrogens is 212 g/mol. The molecule has 0 atom stereocenters. The zero-order chi connectivity index (χ0) is 12.7. The molecule has 1 N–H and O–H groups in total. The van der Waals surface area contributed by atoms with Crippen LogP contribution < -0.4 is 5.32 Å². The van der Waals surface area contributed by atoms with Crippen molar-refractivity contribution >= 4 is 0 Å². The normalized spacial score (nSPS) is 11.4. The summed E-state index contributed by atoms with van der Waals surface area (Å²) in [5, 5.41) is 16.4. The summed E-state index contributed by atoms with van der Waals surface area (Å²) in [7, 11) is 1.93. The van der Waals surface area contributed by atoms with Crippen molar-refractivity contribution in [1.29, 1.82) is 5.26 Å². The fraction of sp³-hybridized carbons (Fsp3) is 0.692. The van der Waals surface area contributed by atoms with Crippen LogP contribution in [0.4, 0.5) is 0 Å². The number of nitrogens with zero attached hydrogens (tertiary/aromatic N) is 3. The van der Waals surface area contributed by atoms with E-state index < -0.39 is 0 Å². The van der Waals surface area contributed by atoms with Gasteiger partial charge in [0.1, 0.15) is 0 Å². The first-order chi connectivity index (χ1) is 8.03. The minimum Gasteiger partial charge on any atom is -0.316 e. The highest BCUT2D eigenvalue weighted by molar-refractivity contribution is 5.03. The molecule has 0 unspecified atom stereocenters. The number of rotatable bonds is 7. The summed E-state index contributed by atoms with van der Waals surface area (Å²) in [5.41, 5.74) is 1.07. The summed E-state index contributed by atoms with van der Waals surface area (Å²) >= 11 is 0. The smallest absolute Gasteiger partial charge is 0.0683 e. The minimum absolute atomic E-state index is 0.189. The quantitative estimate of drug-likeness (QED) is 0.733. The third-order valence-electron chi connectivity index (χ3n) is 2.81. The van der Waals surface area contributed by atoms with E-state index in [1.807, 2.05) is 38.0 Å². The number of aryl methyl sites for hydroxylation is 1. The lowest BCUT2D eigenvalue weighted by Crippen LogP contribution is -2.20. The van der Waals surface area contributed by atoms with Crippen LogP contribution in [0.3, 0.4) is 0 Å². The topological polar surface area (TPSA) is 53.6 Å². The standard InChI is InChI=1S/C13H22N4/c1-13(2,11-14)6-4-7-15-8-5-12-9-16-17(3)10-12/h9-10,15H,4-8H2,1-3H3. The number of nitrogens with one attached hydrogen (secondary N) is 1. The molecule has 0 saturated heterocycles. The Kier molecular flexibility index (Phi) is 5.17. The predicted octanol–water partition coefficient (Wildman–Crippen LogP) is 1.88. The molecule has 1 aromatic heterocycles. The molecular formula is C13H22N4. The van der Waals surface area contributed by atoms with Crippen LogP contribution in [0, 0.1) is 16.7 Å². The molecule has 4 nitrogen and oxygen atoms in total. The Labute approximate surface area is 104 Å². The first-order valence-electron chi connectivity index (χ1n) is 6.13. The molecule has 0 radical (unpaired) electrons. The maximum absolute atomic E-state index is 8.87. The van der Waals surface area contributed by atoms with E-state index in [1.54, 1.807) is 0 Å². The zero-order valence-electron chi connectivity index (χ0n) is 11.0. The summed E-state index contributed by atoms with van der Waals surface area (Å²) in [4.78, 5) is 0. The van der Waals surface area contributed by atoms with Crippen molar-refractivity contribution in [2.75, 3.05) is 13.1 Å². The third-order valence-corrected chi connectivity index (χ3v) is 2.81. The van der Waals surface area contributed by atoms with E-state index in [0.29, 0.717) is 0 Å². The van der Waals surface area contributed by atoms with Crippen molar-refractivity contribution in [3.8, 4) is 6.07 Å². The van der Waals surface area contributed by atoms with Crippen molar-refractivity contribution in [2.24, 2.45) is 12.5 Å². The highest BCUT2D eigenvalue weighted by Gasteiger charge is 2.15. The number of nitriles is 1. The molecule has 17 heavy (non-hydrogen) atoms. The molecule has 0 aliphatic heterocycles. The van der Waals surface area contributed by atoms with Crippen LogP contribution in [0.25, 0.3) is 0 Å². The SMILES string of the molecule is Cn1cc(CCNCCCC(C)(C)C#N)cn1. The van der Waals surface area contributed by atoms with Gasteiger partial charge in [-0.3, -0.25) is 4.68 Å². The Balaban J connectivity index is 2.04. The lowest BCUT2D eigenvalue weighted by molar-refractivity contribution is 0.426. The molecule has 1 aromatic rings. The average molecular weight is 234 g/mol. The molecule has 0 bridgehead atoms. The number of hydrogen-bond acceptors (Lipinski definition) is 3. The van der Waals surface area contributed by atoms with Gasteiger partial charge in [0, 0.05) is 13.2 Å². The van der Waals surface area contributed by atoms with E-state index in [0.717, 1.165) is 32.4 Å². The maximum Gasteiger partial charge on any atom is 0.0683 e. The monoisotopic (exact) mass is 234 g/mol. The van der Waals surface area contributed by atoms with Crippen molar-refractivity contribution in [1.82, 2.24) is 15.1 Å². The van der Waals surface area contributed by atoms with Gasteiger partial charge < -0.3 is 5.32 Å². The summed E-state index contributed by atoms with van der Waals surface area (Å²) in [6.45, 7) is 5.93. The van der Waals surface area contributed by atoms with Gasteiger partial charge in [-0.1, -0.05) is 0 Å². The number of hydrogen-bond donors (Lipinski definition) is 1. The van der Waals surface area contributed by atoms with Gasteiger partial charge in [0.2, 0.25) is 0 Å². The van der Waals surface area contributed by atoms with Gasteiger partial charge in [-0.15, -0.1) is 0 Å². The van der Waals surface area contributed by atoms with Gasteiger partial charge in [0.05, 0.1) is 17.7 Å². The molecule has 1 rings (SSSR count). The molecule has 0 aliphatic rings. The lowest BCUT2D eigenvalue weighted by atomic mass is 9.90. The van der Waals surface area contributed by atoms with Crippen molar-refractivity contribution in [3.05, 3.63) is 18.0 Å². The molecule has 0 fully saturated rings. The first kappa shape index (κ1) is 13.7. The molecule has 0 saturated carbocycles. The van der Waals surface area contributed by atoms with E-state index in [9.17, 15) is 0 Å². The predicted molar refractivity (Wildman–Crippen MR) is 68.4 cm³/mol. The molecule has 0 aromatic carbocycles. The highest BCUT2D eigenvalue weighted by Crippen LogP contribution is 2.19. The van der Waals surface area contributed by atoms with Crippen molar-refractivity contribution in [2.45, 2.75) is 33.1 Å². The number of aromatic nitrogens is 2. The fourth-order valence-corrected chi connectivity index (χ4v) is 1.67. The van der Waals surface area contributed by atoms with Crippen molar-refractivity contribution in [3.63, 3.8) is 0 Å². The van der Waals surface area contributed by atoms with Gasteiger partial charge in [-0.2, -0.15) is 10.4 Å². The van der Waals surface area contributed by atoms with Crippen LogP contribution in [0.2, 0.25) is 0 Å².